The molecule has 29 heavy (non-hydrogen) atoms. The maximum atomic E-state index is 13.8. The van der Waals surface area contributed by atoms with Crippen molar-refractivity contribution in [1.82, 2.24) is 10.2 Å². The van der Waals surface area contributed by atoms with Crippen molar-refractivity contribution in [3.05, 3.63) is 81.7 Å². The highest BCUT2D eigenvalue weighted by molar-refractivity contribution is 7.13. The number of nitrogens with zero attached hydrogens (tertiary/aromatic N) is 1. The molecule has 4 rings (SSSR count). The minimum Gasteiger partial charge on any atom is -0.372 e. The number of hydrogen-bond acceptors (Lipinski definition) is 4. The van der Waals surface area contributed by atoms with Gasteiger partial charge in [-0.05, 0) is 48.4 Å². The van der Waals surface area contributed by atoms with E-state index in [4.69, 9.17) is 0 Å². The average molecular weight is 411 g/mol. The molecule has 0 radical (unpaired) electrons. The smallest absolute Gasteiger partial charge is 0.261 e. The summed E-state index contributed by atoms with van der Waals surface area (Å²) in [5.74, 6) is -2.59. The number of rotatable bonds is 4. The van der Waals surface area contributed by atoms with E-state index in [0.29, 0.717) is 5.69 Å². The lowest BCUT2D eigenvalue weighted by atomic mass is 10.1. The zero-order chi connectivity index (χ0) is 20.5. The second-order valence-corrected chi connectivity index (χ2v) is 8.05. The number of benzene rings is 2. The molecule has 7 heteroatoms. The van der Waals surface area contributed by atoms with Crippen LogP contribution in [-0.4, -0.2) is 24.5 Å². The Balaban J connectivity index is 1.54. The Kier molecular flexibility index (Phi) is 5.07. The van der Waals surface area contributed by atoms with Crippen LogP contribution >= 0.6 is 11.3 Å². The standard InChI is InChI=1S/C22H19F2N3OS/c1-13-16(10-20(29-13)19-11-25-12-27(19)2)14-6-8-15(9-7-14)26-22(28)21-17(23)4-3-5-18(21)24/h3-11,25H,12H2,1-2H3,(H,26,28). The highest BCUT2D eigenvalue weighted by atomic mass is 32.1. The maximum Gasteiger partial charge on any atom is 0.261 e. The van der Waals surface area contributed by atoms with E-state index in [1.54, 1.807) is 23.5 Å². The summed E-state index contributed by atoms with van der Waals surface area (Å²) in [6.07, 6.45) is 2.01. The number of nitrogens with one attached hydrogen (secondary N) is 2. The minimum atomic E-state index is -0.888. The van der Waals surface area contributed by atoms with E-state index in [1.807, 2.05) is 25.4 Å². The molecule has 0 aliphatic carbocycles. The van der Waals surface area contributed by atoms with E-state index in [-0.39, 0.29) is 0 Å². The Labute approximate surface area is 171 Å². The van der Waals surface area contributed by atoms with Crippen molar-refractivity contribution < 1.29 is 13.6 Å². The Hall–Kier alpha value is -3.19. The molecule has 0 atom stereocenters. The van der Waals surface area contributed by atoms with Crippen LogP contribution in [0.5, 0.6) is 0 Å². The molecule has 0 spiro atoms. The van der Waals surface area contributed by atoms with E-state index in [2.05, 4.69) is 28.5 Å². The van der Waals surface area contributed by atoms with Crippen LogP contribution in [-0.2, 0) is 0 Å². The predicted octanol–water partition coefficient (Wildman–Crippen LogP) is 5.04. The van der Waals surface area contributed by atoms with Crippen LogP contribution in [0.25, 0.3) is 16.8 Å². The molecule has 1 amide bonds. The van der Waals surface area contributed by atoms with Gasteiger partial charge in [-0.25, -0.2) is 8.78 Å². The van der Waals surface area contributed by atoms with Crippen LogP contribution in [0.4, 0.5) is 14.5 Å². The fraction of sp³-hybridized carbons (Fsp3) is 0.136. The van der Waals surface area contributed by atoms with Gasteiger partial charge in [0, 0.05) is 23.8 Å². The molecule has 1 aromatic heterocycles. The molecule has 0 unspecified atom stereocenters. The number of anilines is 1. The highest BCUT2D eigenvalue weighted by Gasteiger charge is 2.18. The third-order valence-corrected chi connectivity index (χ3v) is 5.87. The fourth-order valence-corrected chi connectivity index (χ4v) is 4.38. The predicted molar refractivity (Wildman–Crippen MR) is 113 cm³/mol. The molecule has 1 aliphatic heterocycles. The molecule has 148 valence electrons. The fourth-order valence-electron chi connectivity index (χ4n) is 3.27. The van der Waals surface area contributed by atoms with E-state index in [0.717, 1.165) is 35.6 Å². The summed E-state index contributed by atoms with van der Waals surface area (Å²) < 4.78 is 27.6. The molecule has 0 saturated heterocycles. The van der Waals surface area contributed by atoms with Crippen LogP contribution in [0.1, 0.15) is 20.1 Å². The molecule has 0 fully saturated rings. The third-order valence-electron chi connectivity index (χ3n) is 4.79. The van der Waals surface area contributed by atoms with Gasteiger partial charge in [0.05, 0.1) is 17.2 Å². The topological polar surface area (TPSA) is 44.4 Å². The van der Waals surface area contributed by atoms with Crippen molar-refractivity contribution in [2.24, 2.45) is 0 Å². The van der Waals surface area contributed by atoms with Crippen LogP contribution in [0, 0.1) is 18.6 Å². The number of carbonyl (C=O) groups is 1. The molecule has 2 aromatic carbocycles. The molecule has 3 aromatic rings. The zero-order valence-electron chi connectivity index (χ0n) is 15.9. The van der Waals surface area contributed by atoms with E-state index < -0.39 is 23.1 Å². The largest absolute Gasteiger partial charge is 0.372 e. The van der Waals surface area contributed by atoms with Gasteiger partial charge in [0.2, 0.25) is 0 Å². The first kappa shape index (κ1) is 19.1. The summed E-state index contributed by atoms with van der Waals surface area (Å²) in [5, 5.41) is 5.76. The van der Waals surface area contributed by atoms with Gasteiger partial charge >= 0.3 is 0 Å². The summed E-state index contributed by atoms with van der Waals surface area (Å²) in [6.45, 7) is 2.86. The van der Waals surface area contributed by atoms with Gasteiger partial charge in [-0.15, -0.1) is 11.3 Å². The van der Waals surface area contributed by atoms with Gasteiger partial charge in [0.15, 0.2) is 0 Å². The van der Waals surface area contributed by atoms with Crippen LogP contribution in [0.2, 0.25) is 0 Å². The van der Waals surface area contributed by atoms with E-state index in [1.165, 1.54) is 15.8 Å². The normalized spacial score (nSPS) is 13.2. The first-order valence-corrected chi connectivity index (χ1v) is 9.87. The Bertz CT molecular complexity index is 1090. The van der Waals surface area contributed by atoms with Gasteiger partial charge in [-0.2, -0.15) is 0 Å². The van der Waals surface area contributed by atoms with Crippen LogP contribution in [0.15, 0.2) is 54.7 Å². The summed E-state index contributed by atoms with van der Waals surface area (Å²) >= 11 is 1.72. The number of amides is 1. The van der Waals surface area contributed by atoms with Crippen molar-refractivity contribution in [1.29, 1.82) is 0 Å². The van der Waals surface area contributed by atoms with Gasteiger partial charge < -0.3 is 15.5 Å². The van der Waals surface area contributed by atoms with E-state index >= 15 is 0 Å². The van der Waals surface area contributed by atoms with Gasteiger partial charge in [0.25, 0.3) is 5.91 Å². The summed E-state index contributed by atoms with van der Waals surface area (Å²) in [4.78, 5) is 16.8. The van der Waals surface area contributed by atoms with Gasteiger partial charge in [0.1, 0.15) is 17.2 Å². The van der Waals surface area contributed by atoms with Crippen molar-refractivity contribution >= 4 is 28.6 Å². The monoisotopic (exact) mass is 411 g/mol. The van der Waals surface area contributed by atoms with E-state index in [9.17, 15) is 13.6 Å². The second-order valence-electron chi connectivity index (χ2n) is 6.80. The van der Waals surface area contributed by atoms with Crippen LogP contribution in [0.3, 0.4) is 0 Å². The number of carbonyl (C=O) groups excluding carboxylic acids is 1. The molecule has 1 aliphatic rings. The van der Waals surface area contributed by atoms with Crippen molar-refractivity contribution in [3.63, 3.8) is 0 Å². The molecule has 4 nitrogen and oxygen atoms in total. The Morgan fingerprint density at radius 3 is 2.45 bits per heavy atom. The number of aryl methyl sites for hydroxylation is 1. The third kappa shape index (κ3) is 3.73. The first-order valence-electron chi connectivity index (χ1n) is 9.05. The maximum absolute atomic E-state index is 13.8. The molecular weight excluding hydrogens is 392 g/mol. The van der Waals surface area contributed by atoms with Crippen molar-refractivity contribution in [2.45, 2.75) is 6.92 Å². The Morgan fingerprint density at radius 2 is 1.83 bits per heavy atom. The summed E-state index contributed by atoms with van der Waals surface area (Å²) in [5.41, 5.74) is 3.16. The summed E-state index contributed by atoms with van der Waals surface area (Å²) in [7, 11) is 2.04. The minimum absolute atomic E-state index is 0.469. The highest BCUT2D eigenvalue weighted by Crippen LogP contribution is 2.36. The molecule has 0 saturated carbocycles. The van der Waals surface area contributed by atoms with Gasteiger partial charge in [-0.3, -0.25) is 4.79 Å². The lowest BCUT2D eigenvalue weighted by molar-refractivity contribution is 0.101. The first-order chi connectivity index (χ1) is 13.9. The zero-order valence-corrected chi connectivity index (χ0v) is 16.7. The number of thiophene rings is 1. The summed E-state index contributed by atoms with van der Waals surface area (Å²) in [6, 6.07) is 12.7. The quantitative estimate of drug-likeness (QED) is 0.632. The lowest BCUT2D eigenvalue weighted by Crippen LogP contribution is -2.17. The number of halogens is 2. The van der Waals surface area contributed by atoms with Crippen LogP contribution < -0.4 is 10.6 Å². The number of hydrogen-bond donors (Lipinski definition) is 2. The van der Waals surface area contributed by atoms with Crippen molar-refractivity contribution in [2.75, 3.05) is 19.0 Å². The average Bonchev–Trinajstić information content (AvgIpc) is 3.27. The SMILES string of the molecule is Cc1sc(C2=CNCN2C)cc1-c1ccc(NC(=O)c2c(F)cccc2F)cc1. The Morgan fingerprint density at radius 1 is 1.14 bits per heavy atom. The lowest BCUT2D eigenvalue weighted by Gasteiger charge is -2.12. The molecular formula is C22H19F2N3OS. The molecule has 2 heterocycles. The molecule has 0 bridgehead atoms. The van der Waals surface area contributed by atoms with Gasteiger partial charge in [-0.1, -0.05) is 18.2 Å². The second kappa shape index (κ2) is 7.67. The molecule has 2 N–H and O–H groups in total. The van der Waals surface area contributed by atoms with Crippen molar-refractivity contribution in [3.8, 4) is 11.1 Å².